The SMILES string of the molecule is CCOc1cc(N)cc(NC2CCC(C)C(C)C2)c1. The summed E-state index contributed by atoms with van der Waals surface area (Å²) in [5.41, 5.74) is 7.76. The zero-order valence-electron chi connectivity index (χ0n) is 12.3. The Kier molecular flexibility index (Phi) is 4.56. The molecule has 0 radical (unpaired) electrons. The van der Waals surface area contributed by atoms with E-state index in [4.69, 9.17) is 10.5 Å². The minimum Gasteiger partial charge on any atom is -0.494 e. The first-order valence-corrected chi connectivity index (χ1v) is 7.38. The van der Waals surface area contributed by atoms with Crippen molar-refractivity contribution in [2.75, 3.05) is 17.7 Å². The van der Waals surface area contributed by atoms with Crippen molar-refractivity contribution >= 4 is 11.4 Å². The maximum Gasteiger partial charge on any atom is 0.123 e. The summed E-state index contributed by atoms with van der Waals surface area (Å²) in [4.78, 5) is 0. The maximum atomic E-state index is 5.92. The number of benzene rings is 1. The van der Waals surface area contributed by atoms with Crippen LogP contribution in [0.25, 0.3) is 0 Å². The fourth-order valence-corrected chi connectivity index (χ4v) is 2.87. The van der Waals surface area contributed by atoms with E-state index in [9.17, 15) is 0 Å². The Morgan fingerprint density at radius 2 is 2.00 bits per heavy atom. The normalized spacial score (nSPS) is 27.0. The second kappa shape index (κ2) is 6.18. The molecule has 1 aliphatic carbocycles. The summed E-state index contributed by atoms with van der Waals surface area (Å²) in [6, 6.07) is 6.47. The lowest BCUT2D eigenvalue weighted by atomic mass is 9.79. The molecular formula is C16H26N2O. The molecule has 0 bridgehead atoms. The van der Waals surface area contributed by atoms with Crippen molar-refractivity contribution < 1.29 is 4.74 Å². The average molecular weight is 262 g/mol. The van der Waals surface area contributed by atoms with E-state index in [0.717, 1.165) is 29.0 Å². The quantitative estimate of drug-likeness (QED) is 0.809. The predicted octanol–water partition coefficient (Wildman–Crippen LogP) is 3.90. The Hall–Kier alpha value is -1.38. The second-order valence-electron chi connectivity index (χ2n) is 5.83. The second-order valence-corrected chi connectivity index (χ2v) is 5.83. The Morgan fingerprint density at radius 1 is 1.21 bits per heavy atom. The number of ether oxygens (including phenoxy) is 1. The van der Waals surface area contributed by atoms with Crippen LogP contribution in [-0.4, -0.2) is 12.6 Å². The average Bonchev–Trinajstić information content (AvgIpc) is 2.33. The number of hydrogen-bond donors (Lipinski definition) is 2. The molecular weight excluding hydrogens is 236 g/mol. The van der Waals surface area contributed by atoms with Gasteiger partial charge in [-0.3, -0.25) is 0 Å². The van der Waals surface area contributed by atoms with Gasteiger partial charge in [0.05, 0.1) is 6.61 Å². The lowest BCUT2D eigenvalue weighted by Gasteiger charge is -2.33. The summed E-state index contributed by atoms with van der Waals surface area (Å²) >= 11 is 0. The van der Waals surface area contributed by atoms with Crippen LogP contribution in [0.4, 0.5) is 11.4 Å². The van der Waals surface area contributed by atoms with Crippen LogP contribution in [-0.2, 0) is 0 Å². The molecule has 1 aliphatic rings. The van der Waals surface area contributed by atoms with Crippen LogP contribution in [0.3, 0.4) is 0 Å². The van der Waals surface area contributed by atoms with Crippen LogP contribution in [0.2, 0.25) is 0 Å². The van der Waals surface area contributed by atoms with Crippen molar-refractivity contribution in [1.82, 2.24) is 0 Å². The van der Waals surface area contributed by atoms with Gasteiger partial charge in [0, 0.05) is 29.5 Å². The zero-order chi connectivity index (χ0) is 13.8. The van der Waals surface area contributed by atoms with Crippen molar-refractivity contribution in [3.63, 3.8) is 0 Å². The van der Waals surface area contributed by atoms with Gasteiger partial charge >= 0.3 is 0 Å². The molecule has 0 aliphatic heterocycles. The fourth-order valence-electron chi connectivity index (χ4n) is 2.87. The van der Waals surface area contributed by atoms with Gasteiger partial charge in [0.15, 0.2) is 0 Å². The summed E-state index contributed by atoms with van der Waals surface area (Å²) in [6.45, 7) is 7.36. The van der Waals surface area contributed by atoms with Crippen LogP contribution in [0.1, 0.15) is 40.0 Å². The Balaban J connectivity index is 2.02. The summed E-state index contributed by atoms with van der Waals surface area (Å²) < 4.78 is 5.53. The number of anilines is 2. The van der Waals surface area contributed by atoms with Crippen LogP contribution in [0, 0.1) is 11.8 Å². The minimum atomic E-state index is 0.558. The van der Waals surface area contributed by atoms with Gasteiger partial charge in [0.25, 0.3) is 0 Å². The molecule has 1 aromatic rings. The summed E-state index contributed by atoms with van der Waals surface area (Å²) in [7, 11) is 0. The molecule has 1 aromatic carbocycles. The van der Waals surface area contributed by atoms with E-state index in [-0.39, 0.29) is 0 Å². The number of nitrogens with one attached hydrogen (secondary N) is 1. The molecule has 3 atom stereocenters. The van der Waals surface area contributed by atoms with E-state index >= 15 is 0 Å². The van der Waals surface area contributed by atoms with Gasteiger partial charge in [-0.25, -0.2) is 0 Å². The van der Waals surface area contributed by atoms with Gasteiger partial charge < -0.3 is 15.8 Å². The van der Waals surface area contributed by atoms with Crippen LogP contribution in [0.15, 0.2) is 18.2 Å². The largest absolute Gasteiger partial charge is 0.494 e. The van der Waals surface area contributed by atoms with Gasteiger partial charge in [-0.2, -0.15) is 0 Å². The van der Waals surface area contributed by atoms with Gasteiger partial charge in [0.2, 0.25) is 0 Å². The molecule has 3 unspecified atom stereocenters. The molecule has 2 rings (SSSR count). The number of nitrogens with two attached hydrogens (primary N) is 1. The molecule has 19 heavy (non-hydrogen) atoms. The maximum absolute atomic E-state index is 5.92. The third-order valence-electron chi connectivity index (χ3n) is 4.21. The lowest BCUT2D eigenvalue weighted by Crippen LogP contribution is -2.30. The highest BCUT2D eigenvalue weighted by molar-refractivity contribution is 5.59. The summed E-state index contributed by atoms with van der Waals surface area (Å²) in [6.07, 6.45) is 3.78. The predicted molar refractivity (Wildman–Crippen MR) is 81.6 cm³/mol. The zero-order valence-corrected chi connectivity index (χ0v) is 12.3. The standard InChI is InChI=1S/C16H26N2O/c1-4-19-16-9-13(17)8-15(10-16)18-14-6-5-11(2)12(3)7-14/h8-12,14,18H,4-7,17H2,1-3H3. The highest BCUT2D eigenvalue weighted by Gasteiger charge is 2.24. The van der Waals surface area contributed by atoms with Gasteiger partial charge in [-0.15, -0.1) is 0 Å². The Bertz CT molecular complexity index is 419. The smallest absolute Gasteiger partial charge is 0.123 e. The third kappa shape index (κ3) is 3.79. The van der Waals surface area contributed by atoms with Crippen LogP contribution >= 0.6 is 0 Å². The van der Waals surface area contributed by atoms with E-state index in [1.54, 1.807) is 0 Å². The molecule has 0 saturated heterocycles. The van der Waals surface area contributed by atoms with E-state index in [2.05, 4.69) is 19.2 Å². The van der Waals surface area contributed by atoms with Crippen molar-refractivity contribution in [2.45, 2.75) is 46.1 Å². The van der Waals surface area contributed by atoms with E-state index in [1.165, 1.54) is 19.3 Å². The molecule has 0 amide bonds. The molecule has 3 heteroatoms. The van der Waals surface area contributed by atoms with Crippen molar-refractivity contribution in [3.8, 4) is 5.75 Å². The van der Waals surface area contributed by atoms with Gasteiger partial charge in [0.1, 0.15) is 5.75 Å². The van der Waals surface area contributed by atoms with Gasteiger partial charge in [-0.05, 0) is 44.1 Å². The first-order valence-electron chi connectivity index (χ1n) is 7.38. The van der Waals surface area contributed by atoms with E-state index in [1.807, 2.05) is 25.1 Å². The Morgan fingerprint density at radius 3 is 2.68 bits per heavy atom. The van der Waals surface area contributed by atoms with Crippen molar-refractivity contribution in [3.05, 3.63) is 18.2 Å². The monoisotopic (exact) mass is 262 g/mol. The minimum absolute atomic E-state index is 0.558. The molecule has 1 saturated carbocycles. The fraction of sp³-hybridized carbons (Fsp3) is 0.625. The summed E-state index contributed by atoms with van der Waals surface area (Å²) in [5, 5.41) is 3.61. The van der Waals surface area contributed by atoms with Crippen LogP contribution in [0.5, 0.6) is 5.75 Å². The lowest BCUT2D eigenvalue weighted by molar-refractivity contribution is 0.261. The van der Waals surface area contributed by atoms with Crippen LogP contribution < -0.4 is 15.8 Å². The first kappa shape index (κ1) is 14.0. The Labute approximate surface area is 116 Å². The van der Waals surface area contributed by atoms with E-state index < -0.39 is 0 Å². The molecule has 0 spiro atoms. The summed E-state index contributed by atoms with van der Waals surface area (Å²) in [5.74, 6) is 2.48. The molecule has 3 nitrogen and oxygen atoms in total. The molecule has 3 N–H and O–H groups in total. The van der Waals surface area contributed by atoms with E-state index in [0.29, 0.717) is 12.6 Å². The molecule has 0 aromatic heterocycles. The first-order chi connectivity index (χ1) is 9.08. The highest BCUT2D eigenvalue weighted by Crippen LogP contribution is 2.32. The molecule has 0 heterocycles. The number of rotatable bonds is 4. The van der Waals surface area contributed by atoms with Crippen molar-refractivity contribution in [1.29, 1.82) is 0 Å². The third-order valence-corrected chi connectivity index (χ3v) is 4.21. The molecule has 106 valence electrons. The molecule has 1 fully saturated rings. The topological polar surface area (TPSA) is 47.3 Å². The number of hydrogen-bond acceptors (Lipinski definition) is 3. The highest BCUT2D eigenvalue weighted by atomic mass is 16.5. The number of nitrogen functional groups attached to an aromatic ring is 1. The van der Waals surface area contributed by atoms with Crippen molar-refractivity contribution in [2.24, 2.45) is 11.8 Å². The van der Waals surface area contributed by atoms with Gasteiger partial charge in [-0.1, -0.05) is 13.8 Å².